The van der Waals surface area contributed by atoms with E-state index in [0.29, 0.717) is 17.5 Å². The number of piperazine rings is 1. The maximum absolute atomic E-state index is 11.1. The molecule has 2 saturated heterocycles. The fraction of sp³-hybridized carbons (Fsp3) is 0.471. The summed E-state index contributed by atoms with van der Waals surface area (Å²) in [5, 5.41) is 12.1. The van der Waals surface area contributed by atoms with Crippen LogP contribution in [0.5, 0.6) is 0 Å². The van der Waals surface area contributed by atoms with Crippen LogP contribution in [-0.2, 0) is 19.1 Å². The molecule has 0 bridgehead atoms. The number of nitrogens with zero attached hydrogens (tertiary/aromatic N) is 1. The van der Waals surface area contributed by atoms with Gasteiger partial charge in [-0.25, -0.2) is 4.79 Å². The highest BCUT2D eigenvalue weighted by Gasteiger charge is 2.32. The van der Waals surface area contributed by atoms with Crippen molar-refractivity contribution >= 4 is 17.8 Å². The molecule has 1 aromatic rings. The maximum Gasteiger partial charge on any atom is 0.349 e. The molecule has 130 valence electrons. The zero-order chi connectivity index (χ0) is 17.5. The van der Waals surface area contributed by atoms with Gasteiger partial charge in [0.1, 0.15) is 0 Å². The number of fused-ring (bicyclic) bond motifs is 1. The molecule has 1 aromatic carbocycles. The van der Waals surface area contributed by atoms with E-state index in [9.17, 15) is 14.4 Å². The molecule has 7 heteroatoms. The molecule has 7 nitrogen and oxygen atoms in total. The van der Waals surface area contributed by atoms with Gasteiger partial charge in [-0.15, -0.1) is 0 Å². The van der Waals surface area contributed by atoms with Crippen LogP contribution in [0.25, 0.3) is 0 Å². The number of hydrogen-bond acceptors (Lipinski definition) is 5. The summed E-state index contributed by atoms with van der Waals surface area (Å²) in [5.41, 5.74) is 0.454. The summed E-state index contributed by atoms with van der Waals surface area (Å²) in [7, 11) is 0. The van der Waals surface area contributed by atoms with E-state index in [2.05, 4.69) is 10.1 Å². The Labute approximate surface area is 140 Å². The van der Waals surface area contributed by atoms with Crippen LogP contribution in [0.15, 0.2) is 30.3 Å². The number of carbonyl (C=O) groups excluding carboxylic acids is 2. The summed E-state index contributed by atoms with van der Waals surface area (Å²) < 4.78 is 4.66. The minimum atomic E-state index is -1.21. The van der Waals surface area contributed by atoms with Gasteiger partial charge in [0.05, 0.1) is 0 Å². The summed E-state index contributed by atoms with van der Waals surface area (Å²) in [6.07, 6.45) is 0.617. The highest BCUT2D eigenvalue weighted by molar-refractivity contribution is 5.79. The highest BCUT2D eigenvalue weighted by Crippen LogP contribution is 2.19. The quantitative estimate of drug-likeness (QED) is 0.799. The third-order valence-corrected chi connectivity index (χ3v) is 3.97. The predicted octanol–water partition coefficient (Wildman–Crippen LogP) is 0.956. The Morgan fingerprint density at radius 1 is 1.33 bits per heavy atom. The number of carboxylic acids is 1. The second-order valence-corrected chi connectivity index (χ2v) is 5.72. The van der Waals surface area contributed by atoms with E-state index in [1.54, 1.807) is 30.3 Å². The van der Waals surface area contributed by atoms with Gasteiger partial charge in [0.15, 0.2) is 0 Å². The Kier molecular flexibility index (Phi) is 6.31. The normalized spacial score (nSPS) is 20.5. The first-order valence-electron chi connectivity index (χ1n) is 7.94. The van der Waals surface area contributed by atoms with Gasteiger partial charge in [-0.1, -0.05) is 30.3 Å². The van der Waals surface area contributed by atoms with Crippen molar-refractivity contribution in [1.82, 2.24) is 10.2 Å². The van der Waals surface area contributed by atoms with Gasteiger partial charge in [0.2, 0.25) is 12.0 Å². The van der Waals surface area contributed by atoms with Crippen LogP contribution in [0.2, 0.25) is 0 Å². The third kappa shape index (κ3) is 4.79. The number of aliphatic carboxylic acids is 1. The number of carbonyl (C=O) groups is 3. The summed E-state index contributed by atoms with van der Waals surface area (Å²) >= 11 is 0. The molecule has 0 saturated carbocycles. The molecule has 2 heterocycles. The van der Waals surface area contributed by atoms with Crippen LogP contribution in [0, 0.1) is 0 Å². The van der Waals surface area contributed by atoms with Crippen molar-refractivity contribution in [2.24, 2.45) is 0 Å². The Bertz CT molecular complexity index is 590. The van der Waals surface area contributed by atoms with Crippen LogP contribution in [0.1, 0.15) is 31.4 Å². The van der Waals surface area contributed by atoms with Crippen LogP contribution >= 0.6 is 0 Å². The van der Waals surface area contributed by atoms with E-state index in [1.165, 1.54) is 6.92 Å². The molecule has 3 rings (SSSR count). The first-order valence-corrected chi connectivity index (χ1v) is 7.94. The van der Waals surface area contributed by atoms with E-state index in [4.69, 9.17) is 5.11 Å². The highest BCUT2D eigenvalue weighted by atomic mass is 16.6. The summed E-state index contributed by atoms with van der Waals surface area (Å²) in [5.74, 6) is -1.43. The van der Waals surface area contributed by atoms with Crippen molar-refractivity contribution < 1.29 is 24.2 Å². The molecule has 0 spiro atoms. The molecule has 0 unspecified atom stereocenters. The topological polar surface area (TPSA) is 95.9 Å². The molecule has 2 aliphatic heterocycles. The lowest BCUT2D eigenvalue weighted by atomic mass is 10.1. The fourth-order valence-corrected chi connectivity index (χ4v) is 2.84. The minimum absolute atomic E-state index is 0.353. The fourth-order valence-electron chi connectivity index (χ4n) is 2.84. The molecular weight excluding hydrogens is 312 g/mol. The number of rotatable bonds is 3. The number of ether oxygens (including phenoxy) is 1. The molecular formula is C17H22N2O5. The van der Waals surface area contributed by atoms with E-state index in [1.807, 2.05) is 4.90 Å². The van der Waals surface area contributed by atoms with Gasteiger partial charge in [0.25, 0.3) is 0 Å². The lowest BCUT2D eigenvalue weighted by molar-refractivity contribution is -0.163. The van der Waals surface area contributed by atoms with Crippen molar-refractivity contribution in [1.29, 1.82) is 0 Å². The number of carboxylic acid groups (broad SMARTS) is 1. The lowest BCUT2D eigenvalue weighted by Gasteiger charge is -2.29. The van der Waals surface area contributed by atoms with Crippen LogP contribution in [0.3, 0.4) is 0 Å². The Morgan fingerprint density at radius 3 is 2.62 bits per heavy atom. The number of hydrogen-bond donors (Lipinski definition) is 2. The van der Waals surface area contributed by atoms with Crippen molar-refractivity contribution in [2.45, 2.75) is 31.9 Å². The van der Waals surface area contributed by atoms with Gasteiger partial charge >= 0.3 is 11.9 Å². The van der Waals surface area contributed by atoms with Gasteiger partial charge in [0, 0.05) is 44.6 Å². The minimum Gasteiger partial charge on any atom is -0.478 e. The van der Waals surface area contributed by atoms with Gasteiger partial charge < -0.3 is 20.1 Å². The number of amides is 1. The molecule has 0 aliphatic carbocycles. The summed E-state index contributed by atoms with van der Waals surface area (Å²) in [6, 6.07) is 8.85. The molecule has 2 atom stereocenters. The number of esters is 1. The Balaban J connectivity index is 0.000000182. The first-order chi connectivity index (χ1) is 11.5. The van der Waals surface area contributed by atoms with Crippen LogP contribution < -0.4 is 5.32 Å². The second kappa shape index (κ2) is 8.44. The largest absolute Gasteiger partial charge is 0.478 e. The molecule has 1 amide bonds. The Morgan fingerprint density at radius 2 is 2.04 bits per heavy atom. The molecule has 0 aromatic heterocycles. The SMILES string of the molecule is CC(=O)O[C@H](C(=O)O)c1ccccc1.O=C1CC[C@H]2CNCCN12. The average molecular weight is 334 g/mol. The summed E-state index contributed by atoms with van der Waals surface area (Å²) in [4.78, 5) is 34.5. The van der Waals surface area contributed by atoms with E-state index >= 15 is 0 Å². The lowest BCUT2D eigenvalue weighted by Crippen LogP contribution is -2.49. The van der Waals surface area contributed by atoms with Crippen molar-refractivity contribution in [3.05, 3.63) is 35.9 Å². The average Bonchev–Trinajstić information content (AvgIpc) is 2.95. The van der Waals surface area contributed by atoms with Crippen molar-refractivity contribution in [3.63, 3.8) is 0 Å². The third-order valence-electron chi connectivity index (χ3n) is 3.97. The molecule has 2 fully saturated rings. The maximum atomic E-state index is 11.1. The van der Waals surface area contributed by atoms with Crippen LogP contribution in [0.4, 0.5) is 0 Å². The molecule has 0 radical (unpaired) electrons. The zero-order valence-electron chi connectivity index (χ0n) is 13.6. The zero-order valence-corrected chi connectivity index (χ0v) is 13.6. The van der Waals surface area contributed by atoms with Crippen molar-refractivity contribution in [3.8, 4) is 0 Å². The second-order valence-electron chi connectivity index (χ2n) is 5.72. The number of benzene rings is 1. The smallest absolute Gasteiger partial charge is 0.349 e. The van der Waals surface area contributed by atoms with E-state index in [-0.39, 0.29) is 0 Å². The van der Waals surface area contributed by atoms with Crippen LogP contribution in [-0.4, -0.2) is 53.5 Å². The van der Waals surface area contributed by atoms with E-state index < -0.39 is 18.0 Å². The molecule has 2 aliphatic rings. The standard InChI is InChI=1S/C10H10O4.C7H12N2O/c1-7(11)14-9(10(12)13)8-5-3-2-4-6-8;10-7-2-1-6-5-8-3-4-9(6)7/h2-6,9H,1H3,(H,12,13);6,8H,1-5H2/t9-;6-/m00/s1. The van der Waals surface area contributed by atoms with Gasteiger partial charge in [-0.05, 0) is 6.42 Å². The van der Waals surface area contributed by atoms with Gasteiger partial charge in [-0.2, -0.15) is 0 Å². The molecule has 24 heavy (non-hydrogen) atoms. The first kappa shape index (κ1) is 17.9. The summed E-state index contributed by atoms with van der Waals surface area (Å²) in [6.45, 7) is 4.08. The predicted molar refractivity (Wildman–Crippen MR) is 86.2 cm³/mol. The molecule has 2 N–H and O–H groups in total. The number of nitrogens with one attached hydrogen (secondary N) is 1. The van der Waals surface area contributed by atoms with Gasteiger partial charge in [-0.3, -0.25) is 9.59 Å². The Hall–Kier alpha value is -2.41. The van der Waals surface area contributed by atoms with Crippen molar-refractivity contribution in [2.75, 3.05) is 19.6 Å². The van der Waals surface area contributed by atoms with E-state index in [0.717, 1.165) is 32.5 Å². The monoisotopic (exact) mass is 334 g/mol.